The van der Waals surface area contributed by atoms with E-state index >= 15 is 0 Å². The Bertz CT molecular complexity index is 459. The number of hydrogen-bond donors (Lipinski definition) is 0. The third kappa shape index (κ3) is 2.61. The number of rotatable bonds is 2. The predicted octanol–water partition coefficient (Wildman–Crippen LogP) is 4.18. The van der Waals surface area contributed by atoms with E-state index in [4.69, 9.17) is 27.9 Å². The minimum absolute atomic E-state index is 0.478. The highest BCUT2D eigenvalue weighted by Crippen LogP contribution is 2.30. The van der Waals surface area contributed by atoms with E-state index in [0.29, 0.717) is 21.5 Å². The predicted molar refractivity (Wildman–Crippen MR) is 60.8 cm³/mol. The molecule has 2 rings (SSSR count). The SMILES string of the molecule is Clc1ccc(Oc2cccnc2)c(Cl)c1. The number of hydrogen-bond acceptors (Lipinski definition) is 2. The summed E-state index contributed by atoms with van der Waals surface area (Å²) in [7, 11) is 0. The van der Waals surface area contributed by atoms with Gasteiger partial charge in [-0.15, -0.1) is 0 Å². The van der Waals surface area contributed by atoms with Gasteiger partial charge >= 0.3 is 0 Å². The number of benzene rings is 1. The summed E-state index contributed by atoms with van der Waals surface area (Å²) < 4.78 is 5.51. The summed E-state index contributed by atoms with van der Waals surface area (Å²) in [5.74, 6) is 1.20. The van der Waals surface area contributed by atoms with E-state index in [1.165, 1.54) is 0 Å². The first-order valence-electron chi connectivity index (χ1n) is 4.28. The molecule has 0 atom stereocenters. The molecule has 0 spiro atoms. The second-order valence-corrected chi connectivity index (χ2v) is 3.71. The van der Waals surface area contributed by atoms with Gasteiger partial charge in [-0.2, -0.15) is 0 Å². The van der Waals surface area contributed by atoms with Crippen LogP contribution >= 0.6 is 23.2 Å². The summed E-state index contributed by atoms with van der Waals surface area (Å²) >= 11 is 11.7. The van der Waals surface area contributed by atoms with Gasteiger partial charge in [0.1, 0.15) is 11.5 Å². The number of ether oxygens (including phenoxy) is 1. The van der Waals surface area contributed by atoms with Gasteiger partial charge in [-0.05, 0) is 30.3 Å². The molecule has 0 N–H and O–H groups in total. The maximum atomic E-state index is 5.95. The summed E-state index contributed by atoms with van der Waals surface area (Å²) in [6.07, 6.45) is 3.29. The van der Waals surface area contributed by atoms with Crippen LogP contribution in [0, 0.1) is 0 Å². The van der Waals surface area contributed by atoms with Crippen molar-refractivity contribution < 1.29 is 4.74 Å². The van der Waals surface area contributed by atoms with Crippen molar-refractivity contribution in [3.05, 3.63) is 52.8 Å². The molecule has 0 saturated heterocycles. The molecule has 1 heterocycles. The van der Waals surface area contributed by atoms with Crippen LogP contribution in [-0.2, 0) is 0 Å². The first-order chi connectivity index (χ1) is 7.25. The molecular weight excluding hydrogens is 233 g/mol. The molecule has 0 fully saturated rings. The van der Waals surface area contributed by atoms with Crippen molar-refractivity contribution >= 4 is 23.2 Å². The Labute approximate surface area is 97.4 Å². The van der Waals surface area contributed by atoms with Crippen LogP contribution in [0.25, 0.3) is 0 Å². The molecule has 0 aliphatic carbocycles. The molecule has 15 heavy (non-hydrogen) atoms. The topological polar surface area (TPSA) is 22.1 Å². The highest BCUT2D eigenvalue weighted by atomic mass is 35.5. The molecule has 0 unspecified atom stereocenters. The van der Waals surface area contributed by atoms with E-state index in [1.54, 1.807) is 42.7 Å². The van der Waals surface area contributed by atoms with E-state index in [9.17, 15) is 0 Å². The molecule has 1 aromatic carbocycles. The van der Waals surface area contributed by atoms with Crippen molar-refractivity contribution in [3.63, 3.8) is 0 Å². The van der Waals surface area contributed by atoms with Crippen LogP contribution in [0.4, 0.5) is 0 Å². The van der Waals surface area contributed by atoms with Crippen molar-refractivity contribution in [3.8, 4) is 11.5 Å². The average molecular weight is 240 g/mol. The average Bonchev–Trinajstić information content (AvgIpc) is 2.24. The number of pyridine rings is 1. The fourth-order valence-electron chi connectivity index (χ4n) is 1.09. The van der Waals surface area contributed by atoms with Gasteiger partial charge in [-0.1, -0.05) is 23.2 Å². The van der Waals surface area contributed by atoms with Crippen LogP contribution in [-0.4, -0.2) is 4.98 Å². The highest BCUT2D eigenvalue weighted by Gasteiger charge is 2.03. The molecule has 0 aliphatic heterocycles. The van der Waals surface area contributed by atoms with Crippen LogP contribution in [0.2, 0.25) is 10.0 Å². The Hall–Kier alpha value is -1.25. The molecule has 0 radical (unpaired) electrons. The normalized spacial score (nSPS) is 10.0. The molecule has 0 aliphatic rings. The van der Waals surface area contributed by atoms with E-state index in [0.717, 1.165) is 0 Å². The third-order valence-electron chi connectivity index (χ3n) is 1.76. The van der Waals surface area contributed by atoms with Crippen molar-refractivity contribution in [2.45, 2.75) is 0 Å². The Morgan fingerprint density at radius 1 is 1.13 bits per heavy atom. The zero-order valence-corrected chi connectivity index (χ0v) is 9.16. The lowest BCUT2D eigenvalue weighted by Crippen LogP contribution is -1.85. The van der Waals surface area contributed by atoms with E-state index < -0.39 is 0 Å². The molecular formula is C11H7Cl2NO. The van der Waals surface area contributed by atoms with Crippen molar-refractivity contribution in [1.82, 2.24) is 4.98 Å². The molecule has 0 bridgehead atoms. The summed E-state index contributed by atoms with van der Waals surface area (Å²) in [4.78, 5) is 3.93. The van der Waals surface area contributed by atoms with Crippen molar-refractivity contribution in [2.24, 2.45) is 0 Å². The molecule has 76 valence electrons. The Balaban J connectivity index is 2.25. The van der Waals surface area contributed by atoms with Gasteiger partial charge in [0.15, 0.2) is 0 Å². The van der Waals surface area contributed by atoms with Crippen LogP contribution < -0.4 is 4.74 Å². The minimum atomic E-state index is 0.478. The molecule has 0 amide bonds. The molecule has 4 heteroatoms. The quantitative estimate of drug-likeness (QED) is 0.785. The lowest BCUT2D eigenvalue weighted by Gasteiger charge is -2.06. The molecule has 1 aromatic heterocycles. The summed E-state index contributed by atoms with van der Waals surface area (Å²) in [5, 5.41) is 1.06. The minimum Gasteiger partial charge on any atom is -0.454 e. The number of aromatic nitrogens is 1. The zero-order chi connectivity index (χ0) is 10.7. The van der Waals surface area contributed by atoms with Crippen molar-refractivity contribution in [2.75, 3.05) is 0 Å². The molecule has 2 aromatic rings. The lowest BCUT2D eigenvalue weighted by molar-refractivity contribution is 0.480. The van der Waals surface area contributed by atoms with Gasteiger partial charge < -0.3 is 4.74 Å². The number of halogens is 2. The van der Waals surface area contributed by atoms with Gasteiger partial charge in [0, 0.05) is 11.2 Å². The Morgan fingerprint density at radius 3 is 2.67 bits per heavy atom. The maximum Gasteiger partial charge on any atom is 0.146 e. The Kier molecular flexibility index (Phi) is 3.09. The van der Waals surface area contributed by atoms with E-state index in [2.05, 4.69) is 4.98 Å². The van der Waals surface area contributed by atoms with Gasteiger partial charge in [-0.3, -0.25) is 4.98 Å². The van der Waals surface area contributed by atoms with Gasteiger partial charge in [-0.25, -0.2) is 0 Å². The van der Waals surface area contributed by atoms with Gasteiger partial charge in [0.2, 0.25) is 0 Å². The monoisotopic (exact) mass is 239 g/mol. The third-order valence-corrected chi connectivity index (χ3v) is 2.29. The standard InChI is InChI=1S/C11H7Cl2NO/c12-8-3-4-11(10(13)6-8)15-9-2-1-5-14-7-9/h1-7H. The lowest BCUT2D eigenvalue weighted by atomic mass is 10.3. The summed E-state index contributed by atoms with van der Waals surface area (Å²) in [6, 6.07) is 8.67. The number of nitrogens with zero attached hydrogens (tertiary/aromatic N) is 1. The van der Waals surface area contributed by atoms with Crippen LogP contribution in [0.5, 0.6) is 11.5 Å². The largest absolute Gasteiger partial charge is 0.454 e. The smallest absolute Gasteiger partial charge is 0.146 e. The molecule has 0 saturated carbocycles. The highest BCUT2D eigenvalue weighted by molar-refractivity contribution is 6.35. The van der Waals surface area contributed by atoms with E-state index in [1.807, 2.05) is 0 Å². The fourth-order valence-corrected chi connectivity index (χ4v) is 1.54. The molecule has 2 nitrogen and oxygen atoms in total. The summed E-state index contributed by atoms with van der Waals surface area (Å²) in [6.45, 7) is 0. The first kappa shape index (κ1) is 10.3. The maximum absolute atomic E-state index is 5.95. The van der Waals surface area contributed by atoms with Crippen LogP contribution in [0.3, 0.4) is 0 Å². The fraction of sp³-hybridized carbons (Fsp3) is 0. The van der Waals surface area contributed by atoms with Crippen molar-refractivity contribution in [1.29, 1.82) is 0 Å². The van der Waals surface area contributed by atoms with Gasteiger partial charge in [0.25, 0.3) is 0 Å². The summed E-state index contributed by atoms with van der Waals surface area (Å²) in [5.41, 5.74) is 0. The van der Waals surface area contributed by atoms with E-state index in [-0.39, 0.29) is 0 Å². The first-order valence-corrected chi connectivity index (χ1v) is 5.04. The van der Waals surface area contributed by atoms with Crippen LogP contribution in [0.15, 0.2) is 42.7 Å². The van der Waals surface area contributed by atoms with Gasteiger partial charge in [0.05, 0.1) is 11.2 Å². The second kappa shape index (κ2) is 4.51. The zero-order valence-electron chi connectivity index (χ0n) is 7.65. The Morgan fingerprint density at radius 2 is 2.00 bits per heavy atom. The second-order valence-electron chi connectivity index (χ2n) is 2.87. The van der Waals surface area contributed by atoms with Crippen LogP contribution in [0.1, 0.15) is 0 Å².